The van der Waals surface area contributed by atoms with Gasteiger partial charge in [0.25, 0.3) is 5.91 Å². The van der Waals surface area contributed by atoms with E-state index in [1.165, 1.54) is 6.26 Å². The first-order valence-corrected chi connectivity index (χ1v) is 8.20. The second kappa shape index (κ2) is 8.53. The van der Waals surface area contributed by atoms with Crippen LogP contribution in [0.4, 0.5) is 0 Å². The van der Waals surface area contributed by atoms with Gasteiger partial charge >= 0.3 is 0 Å². The zero-order chi connectivity index (χ0) is 18.4. The maximum atomic E-state index is 12.2. The van der Waals surface area contributed by atoms with Gasteiger partial charge in [-0.1, -0.05) is 26.3 Å². The van der Waals surface area contributed by atoms with Crippen LogP contribution in [0.15, 0.2) is 28.9 Å². The van der Waals surface area contributed by atoms with Gasteiger partial charge in [-0.25, -0.2) is 4.98 Å². The van der Waals surface area contributed by atoms with Crippen LogP contribution in [0, 0.1) is 5.92 Å². The lowest BCUT2D eigenvalue weighted by Crippen LogP contribution is -2.24. The molecule has 1 aromatic carbocycles. The molecule has 0 aliphatic heterocycles. The van der Waals surface area contributed by atoms with E-state index in [1.807, 2.05) is 26.0 Å². The average molecular weight is 347 g/mol. The molecule has 0 bridgehead atoms. The van der Waals surface area contributed by atoms with Crippen LogP contribution in [0.5, 0.6) is 11.5 Å². The van der Waals surface area contributed by atoms with Crippen molar-refractivity contribution in [1.29, 1.82) is 0 Å². The second-order valence-corrected chi connectivity index (χ2v) is 5.85. The van der Waals surface area contributed by atoms with Crippen molar-refractivity contribution in [3.8, 4) is 11.5 Å². The Morgan fingerprint density at radius 1 is 1.32 bits per heavy atom. The highest BCUT2D eigenvalue weighted by Crippen LogP contribution is 2.27. The van der Waals surface area contributed by atoms with Gasteiger partial charge in [-0.2, -0.15) is 0 Å². The number of rotatable bonds is 8. The summed E-state index contributed by atoms with van der Waals surface area (Å²) < 4.78 is 15.8. The van der Waals surface area contributed by atoms with Gasteiger partial charge in [0.1, 0.15) is 6.26 Å². The summed E-state index contributed by atoms with van der Waals surface area (Å²) in [7, 11) is 3.14. The second-order valence-electron chi connectivity index (χ2n) is 5.85. The normalized spacial score (nSPS) is 13.2. The molecule has 7 heteroatoms. The van der Waals surface area contributed by atoms with Gasteiger partial charge in [-0.05, 0) is 23.6 Å². The molecule has 136 valence electrons. The summed E-state index contributed by atoms with van der Waals surface area (Å²) in [5.74, 6) is 1.53. The highest BCUT2D eigenvalue weighted by molar-refractivity contribution is 5.91. The molecular formula is C18H25N3O4. The predicted molar refractivity (Wildman–Crippen MR) is 93.6 cm³/mol. The zero-order valence-electron chi connectivity index (χ0n) is 15.0. The van der Waals surface area contributed by atoms with E-state index in [0.717, 1.165) is 12.0 Å². The Kier molecular flexibility index (Phi) is 6.41. The molecule has 0 saturated carbocycles. The van der Waals surface area contributed by atoms with Crippen LogP contribution in [-0.2, 0) is 6.54 Å². The first kappa shape index (κ1) is 18.8. The quantitative estimate of drug-likeness (QED) is 0.761. The lowest BCUT2D eigenvalue weighted by atomic mass is 10.0. The topological polar surface area (TPSA) is 99.6 Å². The minimum absolute atomic E-state index is 0.217. The minimum atomic E-state index is -0.322. The number of benzene rings is 1. The Hall–Kier alpha value is -2.54. The number of oxazole rings is 1. The molecule has 2 unspecified atom stereocenters. The number of methoxy groups -OCH3 is 2. The van der Waals surface area contributed by atoms with E-state index in [2.05, 4.69) is 10.3 Å². The highest BCUT2D eigenvalue weighted by atomic mass is 16.5. The van der Waals surface area contributed by atoms with E-state index in [9.17, 15) is 4.79 Å². The molecule has 1 heterocycles. The van der Waals surface area contributed by atoms with E-state index in [0.29, 0.717) is 23.9 Å². The monoisotopic (exact) mass is 347 g/mol. The number of nitrogens with two attached hydrogens (primary N) is 1. The summed E-state index contributed by atoms with van der Waals surface area (Å²) in [6.07, 6.45) is 2.24. The number of ether oxygens (including phenoxy) is 2. The first-order chi connectivity index (χ1) is 12.0. The molecule has 2 aromatic rings. The number of carbonyl (C=O) groups excluding carboxylic acids is 1. The van der Waals surface area contributed by atoms with Crippen LogP contribution in [0.3, 0.4) is 0 Å². The van der Waals surface area contributed by atoms with Crippen molar-refractivity contribution in [2.45, 2.75) is 32.9 Å². The zero-order valence-corrected chi connectivity index (χ0v) is 15.0. The SMILES string of the molecule is CCC(C)C(N)c1nc(C(=O)NCc2ccc(OC)c(OC)c2)co1. The lowest BCUT2D eigenvalue weighted by molar-refractivity contribution is 0.0945. The number of carbonyl (C=O) groups is 1. The third-order valence-corrected chi connectivity index (χ3v) is 4.20. The van der Waals surface area contributed by atoms with E-state index < -0.39 is 0 Å². The number of amides is 1. The van der Waals surface area contributed by atoms with Gasteiger partial charge < -0.3 is 24.9 Å². The minimum Gasteiger partial charge on any atom is -0.493 e. The fourth-order valence-corrected chi connectivity index (χ4v) is 2.31. The van der Waals surface area contributed by atoms with E-state index in [4.69, 9.17) is 19.6 Å². The maximum absolute atomic E-state index is 12.2. The maximum Gasteiger partial charge on any atom is 0.273 e. The number of nitrogens with one attached hydrogen (secondary N) is 1. The summed E-state index contributed by atoms with van der Waals surface area (Å²) >= 11 is 0. The van der Waals surface area contributed by atoms with Gasteiger partial charge in [-0.3, -0.25) is 4.79 Å². The Bertz CT molecular complexity index is 714. The van der Waals surface area contributed by atoms with Crippen molar-refractivity contribution in [1.82, 2.24) is 10.3 Å². The smallest absolute Gasteiger partial charge is 0.273 e. The third kappa shape index (κ3) is 4.51. The Morgan fingerprint density at radius 3 is 2.68 bits per heavy atom. The molecule has 7 nitrogen and oxygen atoms in total. The molecule has 3 N–H and O–H groups in total. The molecule has 0 spiro atoms. The number of aromatic nitrogens is 1. The first-order valence-electron chi connectivity index (χ1n) is 8.20. The molecule has 2 rings (SSSR count). The van der Waals surface area contributed by atoms with Crippen LogP contribution in [0.25, 0.3) is 0 Å². The van der Waals surface area contributed by atoms with E-state index >= 15 is 0 Å². The Labute approximate surface area is 147 Å². The Balaban J connectivity index is 2.00. The largest absolute Gasteiger partial charge is 0.493 e. The van der Waals surface area contributed by atoms with Crippen molar-refractivity contribution in [2.24, 2.45) is 11.7 Å². The van der Waals surface area contributed by atoms with Crippen LogP contribution < -0.4 is 20.5 Å². The summed E-state index contributed by atoms with van der Waals surface area (Å²) in [5.41, 5.74) is 7.17. The summed E-state index contributed by atoms with van der Waals surface area (Å²) in [5, 5.41) is 2.80. The molecular weight excluding hydrogens is 322 g/mol. The molecule has 0 aliphatic carbocycles. The van der Waals surface area contributed by atoms with Crippen molar-refractivity contribution in [3.63, 3.8) is 0 Å². The average Bonchev–Trinajstić information content (AvgIpc) is 3.14. The van der Waals surface area contributed by atoms with Crippen molar-refractivity contribution in [2.75, 3.05) is 14.2 Å². The molecule has 2 atom stereocenters. The van der Waals surface area contributed by atoms with Gasteiger partial charge in [0.2, 0.25) is 5.89 Å². The van der Waals surface area contributed by atoms with Crippen LogP contribution in [0.1, 0.15) is 48.3 Å². The van der Waals surface area contributed by atoms with Crippen molar-refractivity contribution < 1.29 is 18.7 Å². The summed E-state index contributed by atoms with van der Waals surface area (Å²) in [6.45, 7) is 4.40. The summed E-state index contributed by atoms with van der Waals surface area (Å²) in [6, 6.07) is 5.14. The molecule has 25 heavy (non-hydrogen) atoms. The van der Waals surface area contributed by atoms with Crippen molar-refractivity contribution in [3.05, 3.63) is 41.6 Å². The van der Waals surface area contributed by atoms with Gasteiger partial charge in [-0.15, -0.1) is 0 Å². The van der Waals surface area contributed by atoms with E-state index in [1.54, 1.807) is 20.3 Å². The standard InChI is InChI=1S/C18H25N3O4/c1-5-11(2)16(19)18-21-13(10-25-18)17(22)20-9-12-6-7-14(23-3)15(8-12)24-4/h6-8,10-11,16H,5,9,19H2,1-4H3,(H,20,22). The lowest BCUT2D eigenvalue weighted by Gasteiger charge is -2.13. The van der Waals surface area contributed by atoms with Crippen LogP contribution in [-0.4, -0.2) is 25.1 Å². The number of hydrogen-bond acceptors (Lipinski definition) is 6. The molecule has 1 amide bonds. The number of hydrogen-bond donors (Lipinski definition) is 2. The van der Waals surface area contributed by atoms with Gasteiger partial charge in [0.15, 0.2) is 17.2 Å². The van der Waals surface area contributed by atoms with Crippen LogP contribution >= 0.6 is 0 Å². The molecule has 0 saturated heterocycles. The molecule has 0 fully saturated rings. The fraction of sp³-hybridized carbons (Fsp3) is 0.444. The number of nitrogens with zero attached hydrogens (tertiary/aromatic N) is 1. The third-order valence-electron chi connectivity index (χ3n) is 4.20. The van der Waals surface area contributed by atoms with Gasteiger partial charge in [0, 0.05) is 6.54 Å². The molecule has 0 radical (unpaired) electrons. The van der Waals surface area contributed by atoms with Crippen molar-refractivity contribution >= 4 is 5.91 Å². The summed E-state index contributed by atoms with van der Waals surface area (Å²) in [4.78, 5) is 16.4. The fourth-order valence-electron chi connectivity index (χ4n) is 2.31. The predicted octanol–water partition coefficient (Wildman–Crippen LogP) is 2.67. The highest BCUT2D eigenvalue weighted by Gasteiger charge is 2.20. The molecule has 1 aromatic heterocycles. The van der Waals surface area contributed by atoms with E-state index in [-0.39, 0.29) is 23.6 Å². The Morgan fingerprint density at radius 2 is 2.04 bits per heavy atom. The van der Waals surface area contributed by atoms with Crippen LogP contribution in [0.2, 0.25) is 0 Å². The molecule has 0 aliphatic rings. The van der Waals surface area contributed by atoms with Gasteiger partial charge in [0.05, 0.1) is 20.3 Å².